The Kier molecular flexibility index (Phi) is 6.87. The Labute approximate surface area is 112 Å². The summed E-state index contributed by atoms with van der Waals surface area (Å²) < 4.78 is 39.9. The molecule has 5 heteroatoms. The molecule has 0 amide bonds. The van der Waals surface area contributed by atoms with Crippen LogP contribution in [0.2, 0.25) is 0 Å². The molecule has 0 saturated heterocycles. The van der Waals surface area contributed by atoms with E-state index in [1.54, 1.807) is 0 Å². The van der Waals surface area contributed by atoms with Crippen LogP contribution in [0.5, 0.6) is 0 Å². The van der Waals surface area contributed by atoms with Crippen LogP contribution in [0.1, 0.15) is 18.9 Å². The number of hydrogen-bond donors (Lipinski definition) is 1. The van der Waals surface area contributed by atoms with Gasteiger partial charge >= 0.3 is 6.18 Å². The third kappa shape index (κ3) is 8.61. The van der Waals surface area contributed by atoms with Gasteiger partial charge in [-0.1, -0.05) is 30.3 Å². The van der Waals surface area contributed by atoms with Crippen molar-refractivity contribution in [3.63, 3.8) is 0 Å². The topological polar surface area (TPSA) is 21.3 Å². The lowest BCUT2D eigenvalue weighted by atomic mass is 10.1. The molecule has 1 N–H and O–H groups in total. The monoisotopic (exact) mass is 275 g/mol. The molecule has 1 aromatic carbocycles. The zero-order chi connectivity index (χ0) is 14.1. The van der Waals surface area contributed by atoms with Crippen LogP contribution in [0.15, 0.2) is 30.3 Å². The van der Waals surface area contributed by atoms with E-state index in [1.165, 1.54) is 5.56 Å². The molecule has 2 nitrogen and oxygen atoms in total. The third-order valence-corrected chi connectivity index (χ3v) is 2.71. The second-order valence-electron chi connectivity index (χ2n) is 4.55. The Hall–Kier alpha value is -1.07. The van der Waals surface area contributed by atoms with Gasteiger partial charge in [-0.2, -0.15) is 13.2 Å². The molecule has 1 unspecified atom stereocenters. The van der Waals surface area contributed by atoms with Crippen LogP contribution in [-0.2, 0) is 11.2 Å². The molecule has 0 aromatic heterocycles. The van der Waals surface area contributed by atoms with E-state index in [2.05, 4.69) is 22.2 Å². The molecule has 19 heavy (non-hydrogen) atoms. The van der Waals surface area contributed by atoms with Crippen molar-refractivity contribution in [1.82, 2.24) is 5.32 Å². The van der Waals surface area contributed by atoms with Gasteiger partial charge in [-0.05, 0) is 25.3 Å². The Bertz CT molecular complexity index is 340. The van der Waals surface area contributed by atoms with E-state index in [4.69, 9.17) is 0 Å². The molecule has 0 spiro atoms. The number of ether oxygens (including phenoxy) is 1. The lowest BCUT2D eigenvalue weighted by Crippen LogP contribution is -2.31. The van der Waals surface area contributed by atoms with Crippen molar-refractivity contribution in [2.24, 2.45) is 0 Å². The molecule has 108 valence electrons. The number of rotatable bonds is 8. The fourth-order valence-corrected chi connectivity index (χ4v) is 1.70. The van der Waals surface area contributed by atoms with Crippen LogP contribution in [0.25, 0.3) is 0 Å². The predicted octanol–water partition coefficient (Wildman–Crippen LogP) is 3.18. The quantitative estimate of drug-likeness (QED) is 0.736. The second kappa shape index (κ2) is 8.17. The van der Waals surface area contributed by atoms with Crippen molar-refractivity contribution in [2.75, 3.05) is 19.8 Å². The standard InChI is InChI=1S/C14H20F3NO/c1-12(7-8-13-5-3-2-4-6-13)18-9-10-19-11-14(15,16)17/h2-6,12,18H,7-11H2,1H3. The first kappa shape index (κ1) is 16.0. The summed E-state index contributed by atoms with van der Waals surface area (Å²) in [7, 11) is 0. The Morgan fingerprint density at radius 1 is 1.21 bits per heavy atom. The molecule has 0 aliphatic heterocycles. The van der Waals surface area contributed by atoms with Gasteiger partial charge in [-0.15, -0.1) is 0 Å². The number of alkyl halides is 3. The molecule has 0 fully saturated rings. The number of benzene rings is 1. The maximum atomic E-state index is 11.8. The highest BCUT2D eigenvalue weighted by molar-refractivity contribution is 5.14. The number of aryl methyl sites for hydroxylation is 1. The smallest absolute Gasteiger partial charge is 0.371 e. The zero-order valence-electron chi connectivity index (χ0n) is 11.0. The minimum atomic E-state index is -4.24. The SMILES string of the molecule is CC(CCc1ccccc1)NCCOCC(F)(F)F. The summed E-state index contributed by atoms with van der Waals surface area (Å²) in [5, 5.41) is 3.15. The summed E-state index contributed by atoms with van der Waals surface area (Å²) in [6.45, 7) is 1.36. The van der Waals surface area contributed by atoms with Gasteiger partial charge in [0, 0.05) is 12.6 Å². The van der Waals surface area contributed by atoms with Crippen LogP contribution in [0.4, 0.5) is 13.2 Å². The molecule has 1 aromatic rings. The number of hydrogen-bond acceptors (Lipinski definition) is 2. The van der Waals surface area contributed by atoms with Crippen molar-refractivity contribution >= 4 is 0 Å². The molecule has 0 radical (unpaired) electrons. The van der Waals surface area contributed by atoms with Gasteiger partial charge in [0.25, 0.3) is 0 Å². The first-order chi connectivity index (χ1) is 8.97. The highest BCUT2D eigenvalue weighted by atomic mass is 19.4. The molecular formula is C14H20F3NO. The predicted molar refractivity (Wildman–Crippen MR) is 69.1 cm³/mol. The second-order valence-corrected chi connectivity index (χ2v) is 4.55. The van der Waals surface area contributed by atoms with Crippen molar-refractivity contribution in [3.05, 3.63) is 35.9 Å². The van der Waals surface area contributed by atoms with E-state index < -0.39 is 12.8 Å². The summed E-state index contributed by atoms with van der Waals surface area (Å²) in [4.78, 5) is 0. The molecule has 0 aliphatic rings. The Morgan fingerprint density at radius 2 is 1.89 bits per heavy atom. The van der Waals surface area contributed by atoms with Crippen LogP contribution >= 0.6 is 0 Å². The largest absolute Gasteiger partial charge is 0.411 e. The van der Waals surface area contributed by atoms with Crippen LogP contribution in [-0.4, -0.2) is 32.0 Å². The Morgan fingerprint density at radius 3 is 2.53 bits per heavy atom. The highest BCUT2D eigenvalue weighted by Crippen LogP contribution is 2.14. The maximum absolute atomic E-state index is 11.8. The van der Waals surface area contributed by atoms with E-state index in [0.717, 1.165) is 12.8 Å². The first-order valence-electron chi connectivity index (χ1n) is 6.39. The number of halogens is 3. The maximum Gasteiger partial charge on any atom is 0.411 e. The summed E-state index contributed by atoms with van der Waals surface area (Å²) in [6, 6.07) is 10.4. The average molecular weight is 275 g/mol. The zero-order valence-corrected chi connectivity index (χ0v) is 11.0. The van der Waals surface area contributed by atoms with Crippen molar-refractivity contribution < 1.29 is 17.9 Å². The molecular weight excluding hydrogens is 255 g/mol. The first-order valence-corrected chi connectivity index (χ1v) is 6.39. The average Bonchev–Trinajstić information content (AvgIpc) is 2.36. The molecule has 0 saturated carbocycles. The van der Waals surface area contributed by atoms with Gasteiger partial charge in [-0.25, -0.2) is 0 Å². The molecule has 0 aliphatic carbocycles. The summed E-state index contributed by atoms with van der Waals surface area (Å²) >= 11 is 0. The van der Waals surface area contributed by atoms with Gasteiger partial charge in [0.15, 0.2) is 0 Å². The molecule has 0 bridgehead atoms. The molecule has 0 heterocycles. The summed E-state index contributed by atoms with van der Waals surface area (Å²) in [5.41, 5.74) is 1.27. The van der Waals surface area contributed by atoms with Gasteiger partial charge in [0.05, 0.1) is 6.61 Å². The summed E-state index contributed by atoms with van der Waals surface area (Å²) in [5.74, 6) is 0. The normalized spacial score (nSPS) is 13.5. The van der Waals surface area contributed by atoms with Crippen LogP contribution < -0.4 is 5.32 Å². The lowest BCUT2D eigenvalue weighted by Gasteiger charge is -2.14. The fraction of sp³-hybridized carbons (Fsp3) is 0.571. The van der Waals surface area contributed by atoms with Gasteiger partial charge < -0.3 is 10.1 Å². The van der Waals surface area contributed by atoms with Crippen molar-refractivity contribution in [3.8, 4) is 0 Å². The number of nitrogens with one attached hydrogen (secondary N) is 1. The van der Waals surface area contributed by atoms with E-state index in [0.29, 0.717) is 6.54 Å². The fourth-order valence-electron chi connectivity index (χ4n) is 1.70. The van der Waals surface area contributed by atoms with Gasteiger partial charge in [0.1, 0.15) is 6.61 Å². The van der Waals surface area contributed by atoms with Crippen molar-refractivity contribution in [2.45, 2.75) is 32.0 Å². The van der Waals surface area contributed by atoms with Crippen LogP contribution in [0, 0.1) is 0 Å². The van der Waals surface area contributed by atoms with E-state index in [1.807, 2.05) is 25.1 Å². The Balaban J connectivity index is 2.04. The van der Waals surface area contributed by atoms with Gasteiger partial charge in [0.2, 0.25) is 0 Å². The highest BCUT2D eigenvalue weighted by Gasteiger charge is 2.27. The molecule has 1 atom stereocenters. The molecule has 1 rings (SSSR count). The van der Waals surface area contributed by atoms with Gasteiger partial charge in [-0.3, -0.25) is 0 Å². The van der Waals surface area contributed by atoms with Crippen molar-refractivity contribution in [1.29, 1.82) is 0 Å². The summed E-state index contributed by atoms with van der Waals surface area (Å²) in [6.07, 6.45) is -2.33. The third-order valence-electron chi connectivity index (χ3n) is 2.71. The van der Waals surface area contributed by atoms with E-state index in [-0.39, 0.29) is 12.6 Å². The minimum absolute atomic E-state index is 0.0786. The van der Waals surface area contributed by atoms with Crippen LogP contribution in [0.3, 0.4) is 0 Å². The minimum Gasteiger partial charge on any atom is -0.371 e. The van der Waals surface area contributed by atoms with E-state index >= 15 is 0 Å². The lowest BCUT2D eigenvalue weighted by molar-refractivity contribution is -0.173. The van der Waals surface area contributed by atoms with E-state index in [9.17, 15) is 13.2 Å².